The van der Waals surface area contributed by atoms with Crippen molar-refractivity contribution >= 4 is 11.8 Å². The van der Waals surface area contributed by atoms with E-state index in [9.17, 15) is 14.4 Å². The molecule has 0 bridgehead atoms. The van der Waals surface area contributed by atoms with E-state index in [-0.39, 0.29) is 12.2 Å². The van der Waals surface area contributed by atoms with Crippen molar-refractivity contribution in [1.82, 2.24) is 15.2 Å². The van der Waals surface area contributed by atoms with Gasteiger partial charge in [-0.3, -0.25) is 14.6 Å². The third-order valence-corrected chi connectivity index (χ3v) is 2.32. The molecule has 1 aromatic heterocycles. The van der Waals surface area contributed by atoms with Crippen molar-refractivity contribution in [3.8, 4) is 0 Å². The minimum atomic E-state index is -0.780. The first-order valence-electron chi connectivity index (χ1n) is 5.74. The van der Waals surface area contributed by atoms with E-state index in [4.69, 9.17) is 5.11 Å². The van der Waals surface area contributed by atoms with Crippen LogP contribution in [-0.2, 0) is 4.79 Å². The molecule has 0 atom stereocenters. The number of nitrogens with zero attached hydrogens (tertiary/aromatic N) is 1. The average Bonchev–Trinajstić information content (AvgIpc) is 2.30. The largest absolute Gasteiger partial charge is 0.481 e. The van der Waals surface area contributed by atoms with E-state index in [0.29, 0.717) is 13.0 Å². The number of anilines is 1. The number of nitrogens with one attached hydrogen (secondary N) is 3. The molecular weight excluding hydrogens is 240 g/mol. The molecule has 1 aromatic rings. The number of rotatable bonds is 8. The molecule has 8 nitrogen and oxygen atoms in total. The SMILES string of the molecule is O=C(O)CCCCCCNc1n[nH]c(=O)[nH]c1=O. The number of aliphatic carboxylic acids is 1. The van der Waals surface area contributed by atoms with Gasteiger partial charge in [-0.05, 0) is 12.8 Å². The van der Waals surface area contributed by atoms with Crippen LogP contribution in [0.1, 0.15) is 32.1 Å². The Balaban J connectivity index is 2.16. The van der Waals surface area contributed by atoms with Crippen LogP contribution in [0.3, 0.4) is 0 Å². The van der Waals surface area contributed by atoms with E-state index in [2.05, 4.69) is 20.5 Å². The Kier molecular flexibility index (Phi) is 5.62. The molecule has 4 N–H and O–H groups in total. The average molecular weight is 256 g/mol. The second-order valence-electron chi connectivity index (χ2n) is 3.84. The van der Waals surface area contributed by atoms with Gasteiger partial charge >= 0.3 is 11.7 Å². The number of carbonyl (C=O) groups is 1. The fourth-order valence-electron chi connectivity index (χ4n) is 1.43. The first kappa shape index (κ1) is 13.9. The molecule has 8 heteroatoms. The van der Waals surface area contributed by atoms with Crippen LogP contribution in [0.15, 0.2) is 9.59 Å². The molecule has 0 saturated carbocycles. The highest BCUT2D eigenvalue weighted by Gasteiger charge is 2.00. The molecule has 0 aliphatic heterocycles. The normalized spacial score (nSPS) is 10.2. The van der Waals surface area contributed by atoms with Crippen LogP contribution in [-0.4, -0.2) is 32.8 Å². The van der Waals surface area contributed by atoms with Gasteiger partial charge in [0.2, 0.25) is 5.82 Å². The van der Waals surface area contributed by atoms with Crippen molar-refractivity contribution < 1.29 is 9.90 Å². The van der Waals surface area contributed by atoms with Gasteiger partial charge in [-0.2, -0.15) is 0 Å². The minimum absolute atomic E-state index is 0.0835. The van der Waals surface area contributed by atoms with Crippen LogP contribution in [0.5, 0.6) is 0 Å². The number of hydrogen-bond donors (Lipinski definition) is 4. The zero-order chi connectivity index (χ0) is 13.4. The summed E-state index contributed by atoms with van der Waals surface area (Å²) in [6.45, 7) is 0.551. The van der Waals surface area contributed by atoms with Gasteiger partial charge in [0.15, 0.2) is 0 Å². The lowest BCUT2D eigenvalue weighted by Crippen LogP contribution is -2.27. The van der Waals surface area contributed by atoms with Crippen LogP contribution in [0, 0.1) is 0 Å². The molecule has 0 fully saturated rings. The summed E-state index contributed by atoms with van der Waals surface area (Å²) in [7, 11) is 0. The summed E-state index contributed by atoms with van der Waals surface area (Å²) in [6, 6.07) is 0. The van der Waals surface area contributed by atoms with Crippen LogP contribution in [0.2, 0.25) is 0 Å². The van der Waals surface area contributed by atoms with Crippen molar-refractivity contribution in [1.29, 1.82) is 0 Å². The van der Waals surface area contributed by atoms with Gasteiger partial charge in [0.05, 0.1) is 0 Å². The lowest BCUT2D eigenvalue weighted by molar-refractivity contribution is -0.137. The maximum Gasteiger partial charge on any atom is 0.342 e. The Bertz CT molecular complexity index is 493. The number of carboxylic acid groups (broad SMARTS) is 1. The van der Waals surface area contributed by atoms with Crippen LogP contribution in [0.4, 0.5) is 5.82 Å². The number of aromatic nitrogens is 3. The molecule has 18 heavy (non-hydrogen) atoms. The zero-order valence-corrected chi connectivity index (χ0v) is 9.86. The van der Waals surface area contributed by atoms with E-state index >= 15 is 0 Å². The molecule has 1 rings (SSSR count). The Labute approximate surface area is 102 Å². The number of carboxylic acids is 1. The number of unbranched alkanes of at least 4 members (excludes halogenated alkanes) is 3. The fraction of sp³-hybridized carbons (Fsp3) is 0.600. The second-order valence-corrected chi connectivity index (χ2v) is 3.84. The molecule has 0 aromatic carbocycles. The van der Waals surface area contributed by atoms with E-state index < -0.39 is 17.2 Å². The van der Waals surface area contributed by atoms with Gasteiger partial charge in [-0.25, -0.2) is 9.89 Å². The van der Waals surface area contributed by atoms with Crippen molar-refractivity contribution in [3.05, 3.63) is 20.8 Å². The molecule has 0 saturated heterocycles. The molecule has 0 unspecified atom stereocenters. The van der Waals surface area contributed by atoms with E-state index in [0.717, 1.165) is 19.3 Å². The Hall–Kier alpha value is -2.12. The van der Waals surface area contributed by atoms with E-state index in [1.54, 1.807) is 0 Å². The van der Waals surface area contributed by atoms with Crippen molar-refractivity contribution in [2.45, 2.75) is 32.1 Å². The molecule has 1 heterocycles. The van der Waals surface area contributed by atoms with Gasteiger partial charge in [0.25, 0.3) is 5.56 Å². The van der Waals surface area contributed by atoms with Crippen molar-refractivity contribution in [2.24, 2.45) is 0 Å². The summed E-state index contributed by atoms with van der Waals surface area (Å²) in [4.78, 5) is 34.2. The summed E-state index contributed by atoms with van der Waals surface area (Å²) < 4.78 is 0. The van der Waals surface area contributed by atoms with Crippen molar-refractivity contribution in [2.75, 3.05) is 11.9 Å². The third kappa shape index (κ3) is 5.28. The summed E-state index contributed by atoms with van der Waals surface area (Å²) in [5, 5.41) is 16.9. The summed E-state index contributed by atoms with van der Waals surface area (Å²) in [6.07, 6.45) is 3.37. The van der Waals surface area contributed by atoms with Gasteiger partial charge < -0.3 is 10.4 Å². The second kappa shape index (κ2) is 7.25. The quantitative estimate of drug-likeness (QED) is 0.481. The molecule has 0 radical (unpaired) electrons. The van der Waals surface area contributed by atoms with Crippen molar-refractivity contribution in [3.63, 3.8) is 0 Å². The van der Waals surface area contributed by atoms with Crippen LogP contribution < -0.4 is 16.6 Å². The highest BCUT2D eigenvalue weighted by Crippen LogP contribution is 2.03. The lowest BCUT2D eigenvalue weighted by atomic mass is 10.1. The Morgan fingerprint density at radius 1 is 1.22 bits per heavy atom. The Morgan fingerprint density at radius 3 is 2.61 bits per heavy atom. The molecular formula is C10H16N4O4. The monoisotopic (exact) mass is 256 g/mol. The lowest BCUT2D eigenvalue weighted by Gasteiger charge is -2.03. The van der Waals surface area contributed by atoms with Crippen LogP contribution >= 0.6 is 0 Å². The zero-order valence-electron chi connectivity index (χ0n) is 9.86. The maximum absolute atomic E-state index is 11.2. The molecule has 0 amide bonds. The molecule has 0 aliphatic carbocycles. The number of H-pyrrole nitrogens is 2. The first-order chi connectivity index (χ1) is 8.59. The van der Waals surface area contributed by atoms with Crippen LogP contribution in [0.25, 0.3) is 0 Å². The number of hydrogen-bond acceptors (Lipinski definition) is 5. The summed E-state index contributed by atoms with van der Waals surface area (Å²) >= 11 is 0. The van der Waals surface area contributed by atoms with Gasteiger partial charge in [0.1, 0.15) is 0 Å². The molecule has 0 aliphatic rings. The van der Waals surface area contributed by atoms with Gasteiger partial charge in [-0.1, -0.05) is 12.8 Å². The summed E-state index contributed by atoms with van der Waals surface area (Å²) in [5.41, 5.74) is -1.19. The predicted octanol–water partition coefficient (Wildman–Crippen LogP) is -0.0948. The molecule has 0 spiro atoms. The third-order valence-electron chi connectivity index (χ3n) is 2.32. The van der Waals surface area contributed by atoms with Gasteiger partial charge in [0, 0.05) is 13.0 Å². The topological polar surface area (TPSA) is 128 Å². The highest BCUT2D eigenvalue weighted by molar-refractivity contribution is 5.66. The van der Waals surface area contributed by atoms with E-state index in [1.165, 1.54) is 0 Å². The smallest absolute Gasteiger partial charge is 0.342 e. The summed E-state index contributed by atoms with van der Waals surface area (Å²) in [5.74, 6) is -0.697. The maximum atomic E-state index is 11.2. The standard InChI is InChI=1S/C10H16N4O4/c15-7(16)5-3-1-2-4-6-11-8-9(17)12-10(18)14-13-8/h1-6H2,(H,11,13)(H,15,16)(H2,12,14,17,18). The fourth-order valence-corrected chi connectivity index (χ4v) is 1.43. The predicted molar refractivity (Wildman–Crippen MR) is 64.7 cm³/mol. The van der Waals surface area contributed by atoms with E-state index in [1.807, 2.05) is 0 Å². The highest BCUT2D eigenvalue weighted by atomic mass is 16.4. The Morgan fingerprint density at radius 2 is 1.94 bits per heavy atom. The van der Waals surface area contributed by atoms with Gasteiger partial charge in [-0.15, -0.1) is 5.10 Å². The first-order valence-corrected chi connectivity index (χ1v) is 5.74. The molecule has 100 valence electrons. The minimum Gasteiger partial charge on any atom is -0.481 e. The number of aromatic amines is 2.